The van der Waals surface area contributed by atoms with Crippen LogP contribution in [0.5, 0.6) is 5.75 Å². The Morgan fingerprint density at radius 3 is 2.74 bits per heavy atom. The molecule has 1 aliphatic heterocycles. The Morgan fingerprint density at radius 2 is 2.07 bits per heavy atom. The Hall–Kier alpha value is -1.59. The highest BCUT2D eigenvalue weighted by molar-refractivity contribution is 5.81. The Bertz CT molecular complexity index is 572. The number of hydrogen-bond acceptors (Lipinski definition) is 4. The normalized spacial score (nSPS) is 19.1. The number of ether oxygens (including phenoxy) is 1. The lowest BCUT2D eigenvalue weighted by Crippen LogP contribution is -2.51. The Balaban J connectivity index is 2.09. The third-order valence-corrected chi connectivity index (χ3v) is 5.63. The first-order valence-electron chi connectivity index (χ1n) is 10.5. The number of nitrogens with zero attached hydrogens (tertiary/aromatic N) is 2. The molecule has 1 fully saturated rings. The highest BCUT2D eigenvalue weighted by Gasteiger charge is 2.29. The van der Waals surface area contributed by atoms with Gasteiger partial charge in [-0.1, -0.05) is 39.3 Å². The van der Waals surface area contributed by atoms with E-state index >= 15 is 0 Å². The number of likely N-dealkylation sites (tertiary alicyclic amines) is 1. The maximum absolute atomic E-state index is 12.9. The molecule has 0 spiro atoms. The molecule has 1 amide bonds. The van der Waals surface area contributed by atoms with E-state index in [2.05, 4.69) is 48.0 Å². The van der Waals surface area contributed by atoms with Gasteiger partial charge in [-0.3, -0.25) is 14.6 Å². The summed E-state index contributed by atoms with van der Waals surface area (Å²) >= 11 is 0. The zero-order chi connectivity index (χ0) is 19.6. The van der Waals surface area contributed by atoms with Gasteiger partial charge in [0.15, 0.2) is 0 Å². The topological polar surface area (TPSA) is 44.8 Å². The lowest BCUT2D eigenvalue weighted by molar-refractivity contribution is -0.127. The van der Waals surface area contributed by atoms with E-state index in [1.807, 2.05) is 12.1 Å². The van der Waals surface area contributed by atoms with E-state index in [0.29, 0.717) is 6.54 Å². The summed E-state index contributed by atoms with van der Waals surface area (Å²) in [7, 11) is 1.69. The van der Waals surface area contributed by atoms with Gasteiger partial charge in [-0.15, -0.1) is 0 Å². The molecule has 5 nitrogen and oxygen atoms in total. The van der Waals surface area contributed by atoms with Crippen molar-refractivity contribution in [3.63, 3.8) is 0 Å². The van der Waals surface area contributed by atoms with E-state index < -0.39 is 0 Å². The van der Waals surface area contributed by atoms with Crippen molar-refractivity contribution >= 4 is 5.91 Å². The SMILES string of the molecule is CCCN1CCCCC1C(=O)NCC(c1cccc(OC)c1)N(CC)CC. The van der Waals surface area contributed by atoms with Crippen LogP contribution in [0.2, 0.25) is 0 Å². The van der Waals surface area contributed by atoms with Gasteiger partial charge in [0.05, 0.1) is 19.2 Å². The van der Waals surface area contributed by atoms with Gasteiger partial charge in [0, 0.05) is 6.54 Å². The average molecular weight is 376 g/mol. The number of hydrogen-bond donors (Lipinski definition) is 1. The van der Waals surface area contributed by atoms with Crippen LogP contribution in [0.3, 0.4) is 0 Å². The summed E-state index contributed by atoms with van der Waals surface area (Å²) in [4.78, 5) is 17.7. The molecule has 2 rings (SSSR count). The molecule has 5 heteroatoms. The van der Waals surface area contributed by atoms with E-state index in [1.54, 1.807) is 7.11 Å². The van der Waals surface area contributed by atoms with Crippen LogP contribution in [0.1, 0.15) is 58.1 Å². The van der Waals surface area contributed by atoms with Gasteiger partial charge >= 0.3 is 0 Å². The fourth-order valence-electron chi connectivity index (χ4n) is 4.13. The van der Waals surface area contributed by atoms with Crippen LogP contribution >= 0.6 is 0 Å². The molecule has 152 valence electrons. The Labute approximate surface area is 165 Å². The van der Waals surface area contributed by atoms with Gasteiger partial charge in [0.25, 0.3) is 0 Å². The van der Waals surface area contributed by atoms with Crippen LogP contribution in [0.4, 0.5) is 0 Å². The molecule has 2 unspecified atom stereocenters. The molecule has 1 N–H and O–H groups in total. The summed E-state index contributed by atoms with van der Waals surface area (Å²) in [5, 5.41) is 3.26. The van der Waals surface area contributed by atoms with E-state index in [1.165, 1.54) is 12.0 Å². The van der Waals surface area contributed by atoms with Crippen molar-refractivity contribution in [1.29, 1.82) is 0 Å². The smallest absolute Gasteiger partial charge is 0.237 e. The standard InChI is InChI=1S/C22H37N3O2/c1-5-14-25-15-9-8-13-20(25)22(26)23-17-21(24(6-2)7-3)18-11-10-12-19(16-18)27-4/h10-12,16,20-21H,5-9,13-15,17H2,1-4H3,(H,23,26). The molecule has 0 radical (unpaired) electrons. The van der Waals surface area contributed by atoms with Gasteiger partial charge in [-0.25, -0.2) is 0 Å². The highest BCUT2D eigenvalue weighted by Crippen LogP contribution is 2.24. The van der Waals surface area contributed by atoms with Gasteiger partial charge in [-0.05, 0) is 63.1 Å². The van der Waals surface area contributed by atoms with Crippen molar-refractivity contribution in [2.45, 2.75) is 58.5 Å². The molecule has 1 aromatic carbocycles. The molecule has 1 heterocycles. The molecule has 0 bridgehead atoms. The molecular weight excluding hydrogens is 338 g/mol. The van der Waals surface area contributed by atoms with E-state index in [0.717, 1.165) is 51.2 Å². The predicted molar refractivity (Wildman–Crippen MR) is 111 cm³/mol. The monoisotopic (exact) mass is 375 g/mol. The largest absolute Gasteiger partial charge is 0.497 e. The number of benzene rings is 1. The lowest BCUT2D eigenvalue weighted by Gasteiger charge is -2.35. The lowest BCUT2D eigenvalue weighted by atomic mass is 10.0. The first kappa shape index (κ1) is 21.7. The summed E-state index contributed by atoms with van der Waals surface area (Å²) in [6.45, 7) is 11.1. The molecule has 0 aliphatic carbocycles. The maximum Gasteiger partial charge on any atom is 0.237 e. The third-order valence-electron chi connectivity index (χ3n) is 5.63. The van der Waals surface area contributed by atoms with Crippen molar-refractivity contribution in [2.24, 2.45) is 0 Å². The second-order valence-electron chi connectivity index (χ2n) is 7.31. The van der Waals surface area contributed by atoms with Crippen LogP contribution in [0.25, 0.3) is 0 Å². The molecule has 0 saturated carbocycles. The maximum atomic E-state index is 12.9. The van der Waals surface area contributed by atoms with Crippen LogP contribution in [0.15, 0.2) is 24.3 Å². The number of amides is 1. The number of piperidine rings is 1. The zero-order valence-corrected chi connectivity index (χ0v) is 17.5. The second kappa shape index (κ2) is 11.3. The zero-order valence-electron chi connectivity index (χ0n) is 17.5. The summed E-state index contributed by atoms with van der Waals surface area (Å²) in [5.41, 5.74) is 1.19. The first-order chi connectivity index (χ1) is 13.1. The van der Waals surface area contributed by atoms with Gasteiger partial charge < -0.3 is 10.1 Å². The molecule has 27 heavy (non-hydrogen) atoms. The van der Waals surface area contributed by atoms with Crippen LogP contribution in [0, 0.1) is 0 Å². The van der Waals surface area contributed by atoms with Crippen molar-refractivity contribution in [3.05, 3.63) is 29.8 Å². The minimum atomic E-state index is 0.0290. The van der Waals surface area contributed by atoms with Crippen LogP contribution in [-0.2, 0) is 4.79 Å². The van der Waals surface area contributed by atoms with Crippen LogP contribution in [-0.4, -0.2) is 61.6 Å². The number of nitrogens with one attached hydrogen (secondary N) is 1. The number of carbonyl (C=O) groups is 1. The number of likely N-dealkylation sites (N-methyl/N-ethyl adjacent to an activating group) is 1. The van der Waals surface area contributed by atoms with Gasteiger partial charge in [-0.2, -0.15) is 0 Å². The van der Waals surface area contributed by atoms with Crippen LogP contribution < -0.4 is 10.1 Å². The third kappa shape index (κ3) is 5.94. The van der Waals surface area contributed by atoms with Gasteiger partial charge in [0.2, 0.25) is 5.91 Å². The average Bonchev–Trinajstić information content (AvgIpc) is 2.71. The number of rotatable bonds is 10. The van der Waals surface area contributed by atoms with Crippen molar-refractivity contribution in [1.82, 2.24) is 15.1 Å². The number of methoxy groups -OCH3 is 1. The second-order valence-corrected chi connectivity index (χ2v) is 7.31. The molecule has 1 saturated heterocycles. The predicted octanol–water partition coefficient (Wildman–Crippen LogP) is 3.46. The Kier molecular flexibility index (Phi) is 9.08. The Morgan fingerprint density at radius 1 is 1.30 bits per heavy atom. The van der Waals surface area contributed by atoms with E-state index in [9.17, 15) is 4.79 Å². The molecule has 1 aromatic rings. The molecule has 2 atom stereocenters. The summed E-state index contributed by atoms with van der Waals surface area (Å²) in [6.07, 6.45) is 4.42. The fraction of sp³-hybridized carbons (Fsp3) is 0.682. The molecule has 0 aromatic heterocycles. The van der Waals surface area contributed by atoms with Crippen molar-refractivity contribution in [3.8, 4) is 5.75 Å². The van der Waals surface area contributed by atoms with E-state index in [-0.39, 0.29) is 18.0 Å². The minimum Gasteiger partial charge on any atom is -0.497 e. The molecule has 1 aliphatic rings. The summed E-state index contributed by atoms with van der Waals surface area (Å²) < 4.78 is 5.40. The summed E-state index contributed by atoms with van der Waals surface area (Å²) in [5.74, 6) is 1.04. The van der Waals surface area contributed by atoms with Crippen molar-refractivity contribution in [2.75, 3.05) is 39.8 Å². The van der Waals surface area contributed by atoms with Gasteiger partial charge in [0.1, 0.15) is 5.75 Å². The first-order valence-corrected chi connectivity index (χ1v) is 10.5. The minimum absolute atomic E-state index is 0.0290. The quantitative estimate of drug-likeness (QED) is 0.680. The number of carbonyl (C=O) groups excluding carboxylic acids is 1. The molecular formula is C22H37N3O2. The highest BCUT2D eigenvalue weighted by atomic mass is 16.5. The fourth-order valence-corrected chi connectivity index (χ4v) is 4.13. The van der Waals surface area contributed by atoms with E-state index in [4.69, 9.17) is 4.74 Å². The summed E-state index contributed by atoms with van der Waals surface area (Å²) in [6, 6.07) is 8.38. The van der Waals surface area contributed by atoms with Crippen molar-refractivity contribution < 1.29 is 9.53 Å².